The fraction of sp³-hybridized carbons (Fsp3) is 0.318. The van der Waals surface area contributed by atoms with Gasteiger partial charge in [-0.15, -0.1) is 0 Å². The zero-order valence-electron chi connectivity index (χ0n) is 19.1. The average Bonchev–Trinajstić information content (AvgIpc) is 3.25. The topological polar surface area (TPSA) is 130 Å². The van der Waals surface area contributed by atoms with E-state index < -0.39 is 15.9 Å². The number of aromatic nitrogens is 1. The largest absolute Gasteiger partial charge is 0.506 e. The molecule has 178 valence electrons. The van der Waals surface area contributed by atoms with Gasteiger partial charge in [-0.3, -0.25) is 4.79 Å². The number of nitrogens with zero attached hydrogens (tertiary/aromatic N) is 1. The molecule has 11 heteroatoms. The Morgan fingerprint density at radius 3 is 2.27 bits per heavy atom. The van der Waals surface area contributed by atoms with Gasteiger partial charge in [0.1, 0.15) is 17.2 Å². The van der Waals surface area contributed by atoms with Crippen LogP contribution in [0.3, 0.4) is 0 Å². The molecule has 0 atom stereocenters. The lowest BCUT2D eigenvalue weighted by molar-refractivity contribution is 0.102. The molecule has 1 heterocycles. The second kappa shape index (κ2) is 9.59. The number of anilines is 1. The molecule has 33 heavy (non-hydrogen) atoms. The summed E-state index contributed by atoms with van der Waals surface area (Å²) in [6.45, 7) is 4.06. The Bertz CT molecular complexity index is 1280. The number of methoxy groups -OCH3 is 3. The number of phenolic OH excluding ortho intramolecular Hbond substituents is 1. The number of ether oxygens (including phenoxy) is 3. The van der Waals surface area contributed by atoms with Gasteiger partial charge in [-0.1, -0.05) is 13.8 Å². The highest BCUT2D eigenvalue weighted by Crippen LogP contribution is 2.41. The minimum atomic E-state index is -3.77. The third-order valence-electron chi connectivity index (χ3n) is 5.24. The predicted octanol–water partition coefficient (Wildman–Crippen LogP) is 3.18. The summed E-state index contributed by atoms with van der Waals surface area (Å²) in [5.41, 5.74) is 0.593. The molecule has 1 aromatic heterocycles. The zero-order chi connectivity index (χ0) is 24.3. The molecule has 0 spiro atoms. The second-order valence-electron chi connectivity index (χ2n) is 7.01. The Balaban J connectivity index is 2.01. The minimum absolute atomic E-state index is 0.0379. The van der Waals surface area contributed by atoms with Crippen LogP contribution in [-0.2, 0) is 10.0 Å². The molecule has 2 aromatic carbocycles. The molecule has 0 aliphatic carbocycles. The average molecular weight is 478 g/mol. The molecule has 0 aliphatic rings. The van der Waals surface area contributed by atoms with E-state index in [0.717, 1.165) is 0 Å². The van der Waals surface area contributed by atoms with Gasteiger partial charge in [0.05, 0.1) is 37.4 Å². The van der Waals surface area contributed by atoms with Gasteiger partial charge >= 0.3 is 0 Å². The van der Waals surface area contributed by atoms with Crippen LogP contribution in [0.25, 0.3) is 10.9 Å². The van der Waals surface area contributed by atoms with E-state index in [9.17, 15) is 18.3 Å². The van der Waals surface area contributed by atoms with E-state index in [1.54, 1.807) is 26.0 Å². The maximum absolute atomic E-state index is 13.0. The summed E-state index contributed by atoms with van der Waals surface area (Å²) in [6.07, 6.45) is 0. The number of sulfonamides is 1. The highest BCUT2D eigenvalue weighted by molar-refractivity contribution is 7.89. The number of hydrogen-bond acceptors (Lipinski definition) is 7. The van der Waals surface area contributed by atoms with Crippen molar-refractivity contribution in [3.05, 3.63) is 36.0 Å². The Hall–Kier alpha value is -3.44. The molecule has 0 unspecified atom stereocenters. The standard InChI is InChI=1S/C22H27N3O7S/c1-6-25(7-2)33(28,29)13-8-9-17(26)15(10-13)24-22(27)16-11-14-18(30-3)12-19(31-4)21(32-5)20(14)23-16/h8-12,23,26H,6-7H2,1-5H3,(H,24,27). The molecule has 10 nitrogen and oxygen atoms in total. The van der Waals surface area contributed by atoms with Crippen molar-refractivity contribution in [3.8, 4) is 23.0 Å². The quantitative estimate of drug-likeness (QED) is 0.404. The number of carbonyl (C=O) groups excluding carboxylic acids is 1. The molecule has 0 aliphatic heterocycles. The van der Waals surface area contributed by atoms with Gasteiger partial charge in [-0.05, 0) is 24.3 Å². The van der Waals surface area contributed by atoms with Crippen LogP contribution in [0.5, 0.6) is 23.0 Å². The van der Waals surface area contributed by atoms with Crippen molar-refractivity contribution in [3.63, 3.8) is 0 Å². The van der Waals surface area contributed by atoms with Gasteiger partial charge in [0.25, 0.3) is 5.91 Å². The van der Waals surface area contributed by atoms with Crippen molar-refractivity contribution in [2.75, 3.05) is 39.7 Å². The monoisotopic (exact) mass is 477 g/mol. The third kappa shape index (κ3) is 4.41. The fourth-order valence-electron chi connectivity index (χ4n) is 3.54. The van der Waals surface area contributed by atoms with E-state index in [0.29, 0.717) is 41.2 Å². The van der Waals surface area contributed by atoms with Crippen LogP contribution < -0.4 is 19.5 Å². The van der Waals surface area contributed by atoms with Gasteiger partial charge in [0.2, 0.25) is 10.0 Å². The maximum Gasteiger partial charge on any atom is 0.272 e. The van der Waals surface area contributed by atoms with E-state index in [1.807, 2.05) is 0 Å². The number of amides is 1. The predicted molar refractivity (Wildman–Crippen MR) is 124 cm³/mol. The smallest absolute Gasteiger partial charge is 0.272 e. The van der Waals surface area contributed by atoms with Crippen LogP contribution >= 0.6 is 0 Å². The summed E-state index contributed by atoms with van der Waals surface area (Å²) >= 11 is 0. The fourth-order valence-corrected chi connectivity index (χ4v) is 5.02. The molecule has 3 rings (SSSR count). The second-order valence-corrected chi connectivity index (χ2v) is 8.95. The summed E-state index contributed by atoms with van der Waals surface area (Å²) in [6, 6.07) is 6.97. The highest BCUT2D eigenvalue weighted by Gasteiger charge is 2.24. The number of aromatic hydroxyl groups is 1. The number of fused-ring (bicyclic) bond motifs is 1. The van der Waals surface area contributed by atoms with E-state index in [1.165, 1.54) is 43.8 Å². The SMILES string of the molecule is CCN(CC)S(=O)(=O)c1ccc(O)c(NC(=O)c2cc3c(OC)cc(OC)c(OC)c3[nH]2)c1. The van der Waals surface area contributed by atoms with E-state index in [4.69, 9.17) is 14.2 Å². The lowest BCUT2D eigenvalue weighted by atomic mass is 10.2. The Morgan fingerprint density at radius 2 is 1.70 bits per heavy atom. The number of nitrogens with one attached hydrogen (secondary N) is 2. The van der Waals surface area contributed by atoms with Crippen molar-refractivity contribution in [1.29, 1.82) is 0 Å². The Morgan fingerprint density at radius 1 is 1.03 bits per heavy atom. The number of aromatic amines is 1. The van der Waals surface area contributed by atoms with Crippen LogP contribution in [0.1, 0.15) is 24.3 Å². The lowest BCUT2D eigenvalue weighted by Crippen LogP contribution is -2.30. The normalized spacial score (nSPS) is 11.6. The molecule has 0 fully saturated rings. The van der Waals surface area contributed by atoms with Gasteiger partial charge in [-0.2, -0.15) is 4.31 Å². The summed E-state index contributed by atoms with van der Waals surface area (Å²) in [5, 5.41) is 13.4. The van der Waals surface area contributed by atoms with E-state index in [-0.39, 0.29) is 22.0 Å². The summed E-state index contributed by atoms with van der Waals surface area (Å²) in [4.78, 5) is 15.9. The number of benzene rings is 2. The first-order chi connectivity index (χ1) is 15.7. The number of H-pyrrole nitrogens is 1. The molecule has 0 radical (unpaired) electrons. The molecule has 3 N–H and O–H groups in total. The van der Waals surface area contributed by atoms with Crippen LogP contribution in [-0.4, -0.2) is 63.1 Å². The van der Waals surface area contributed by atoms with Crippen molar-refractivity contribution >= 4 is 32.5 Å². The van der Waals surface area contributed by atoms with Crippen LogP contribution in [0.4, 0.5) is 5.69 Å². The Kier molecular flexibility index (Phi) is 7.04. The van der Waals surface area contributed by atoms with Crippen LogP contribution in [0.2, 0.25) is 0 Å². The van der Waals surface area contributed by atoms with Crippen LogP contribution in [0.15, 0.2) is 35.2 Å². The summed E-state index contributed by atoms with van der Waals surface area (Å²) in [5.74, 6) is 0.412. The number of phenols is 1. The van der Waals surface area contributed by atoms with Crippen molar-refractivity contribution in [2.24, 2.45) is 0 Å². The van der Waals surface area contributed by atoms with Crippen molar-refractivity contribution < 1.29 is 32.5 Å². The van der Waals surface area contributed by atoms with Gasteiger partial charge < -0.3 is 29.6 Å². The molecular formula is C22H27N3O7S. The van der Waals surface area contributed by atoms with E-state index >= 15 is 0 Å². The zero-order valence-corrected chi connectivity index (χ0v) is 19.9. The number of hydrogen-bond donors (Lipinski definition) is 3. The highest BCUT2D eigenvalue weighted by atomic mass is 32.2. The number of carbonyl (C=O) groups is 1. The number of rotatable bonds is 9. The molecular weight excluding hydrogens is 450 g/mol. The third-order valence-corrected chi connectivity index (χ3v) is 7.29. The first kappa shape index (κ1) is 24.2. The minimum Gasteiger partial charge on any atom is -0.506 e. The molecule has 0 saturated carbocycles. The van der Waals surface area contributed by atoms with Crippen molar-refractivity contribution in [1.82, 2.24) is 9.29 Å². The van der Waals surface area contributed by atoms with Gasteiger partial charge in [0.15, 0.2) is 11.5 Å². The van der Waals surface area contributed by atoms with Gasteiger partial charge in [-0.25, -0.2) is 8.42 Å². The van der Waals surface area contributed by atoms with Crippen LogP contribution in [0, 0.1) is 0 Å². The maximum atomic E-state index is 13.0. The van der Waals surface area contributed by atoms with Crippen molar-refractivity contribution in [2.45, 2.75) is 18.7 Å². The van der Waals surface area contributed by atoms with E-state index in [2.05, 4.69) is 10.3 Å². The summed E-state index contributed by atoms with van der Waals surface area (Å²) in [7, 11) is 0.687. The Labute approximate surface area is 192 Å². The lowest BCUT2D eigenvalue weighted by Gasteiger charge is -2.19. The molecule has 0 saturated heterocycles. The molecule has 0 bridgehead atoms. The first-order valence-electron chi connectivity index (χ1n) is 10.2. The molecule has 3 aromatic rings. The summed E-state index contributed by atoms with van der Waals surface area (Å²) < 4.78 is 43.1. The molecule has 1 amide bonds. The first-order valence-corrected chi connectivity index (χ1v) is 11.6. The van der Waals surface area contributed by atoms with Gasteiger partial charge in [0, 0.05) is 24.5 Å².